The lowest BCUT2D eigenvalue weighted by Gasteiger charge is -1.80. The number of H-pyrrole nitrogens is 1. The molecule has 0 aromatic carbocycles. The van der Waals surface area contributed by atoms with Gasteiger partial charge in [-0.15, -0.1) is 0 Å². The summed E-state index contributed by atoms with van der Waals surface area (Å²) in [4.78, 5) is 4.01. The van der Waals surface area contributed by atoms with Crippen molar-refractivity contribution in [1.82, 2.24) is 20.3 Å². The van der Waals surface area contributed by atoms with Crippen LogP contribution in [-0.2, 0) is 6.54 Å². The highest BCUT2D eigenvalue weighted by atomic mass is 16.5. The number of nitrogens with two attached hydrogens (primary N) is 1. The van der Waals surface area contributed by atoms with Gasteiger partial charge in [-0.25, -0.2) is 0 Å². The lowest BCUT2D eigenvalue weighted by molar-refractivity contribution is 0.423. The van der Waals surface area contributed by atoms with Crippen molar-refractivity contribution in [1.29, 1.82) is 0 Å². The molecule has 0 aliphatic rings. The Morgan fingerprint density at radius 1 is 1.58 bits per heavy atom. The fraction of sp³-hybridized carbons (Fsp3) is 0.167. The Bertz CT molecular complexity index is 352. The van der Waals surface area contributed by atoms with Crippen LogP contribution in [0, 0.1) is 0 Å². The highest BCUT2D eigenvalue weighted by Crippen LogP contribution is 2.13. The summed E-state index contributed by atoms with van der Waals surface area (Å²) in [5, 5.41) is 10.0. The molecule has 3 N–H and O–H groups in total. The van der Waals surface area contributed by atoms with E-state index in [1.165, 1.54) is 0 Å². The molecule has 12 heavy (non-hydrogen) atoms. The van der Waals surface area contributed by atoms with Crippen molar-refractivity contribution in [3.8, 4) is 11.5 Å². The van der Waals surface area contributed by atoms with E-state index in [4.69, 9.17) is 10.3 Å². The lowest BCUT2D eigenvalue weighted by Crippen LogP contribution is -1.97. The van der Waals surface area contributed by atoms with Crippen LogP contribution in [0.1, 0.15) is 5.82 Å². The van der Waals surface area contributed by atoms with Gasteiger partial charge in [-0.1, -0.05) is 5.16 Å². The maximum absolute atomic E-state index is 5.31. The van der Waals surface area contributed by atoms with Crippen molar-refractivity contribution in [2.24, 2.45) is 5.73 Å². The first-order valence-corrected chi connectivity index (χ1v) is 3.42. The quantitative estimate of drug-likeness (QED) is 0.649. The molecule has 0 amide bonds. The van der Waals surface area contributed by atoms with Crippen LogP contribution in [0.2, 0.25) is 0 Å². The first kappa shape index (κ1) is 6.99. The molecule has 0 saturated heterocycles. The average Bonchev–Trinajstić information content (AvgIpc) is 2.75. The second-order valence-electron chi connectivity index (χ2n) is 2.21. The zero-order chi connectivity index (χ0) is 8.39. The summed E-state index contributed by atoms with van der Waals surface area (Å²) in [6, 6.07) is 0. The minimum atomic E-state index is 0.279. The summed E-state index contributed by atoms with van der Waals surface area (Å²) in [6.07, 6.45) is 3.28. The molecule has 0 aliphatic carbocycles. The van der Waals surface area contributed by atoms with Crippen LogP contribution in [0.3, 0.4) is 0 Å². The Morgan fingerprint density at radius 2 is 2.50 bits per heavy atom. The number of hydrogen-bond donors (Lipinski definition) is 2. The average molecular weight is 165 g/mol. The molecule has 0 atom stereocenters. The molecule has 2 heterocycles. The Hall–Kier alpha value is -1.69. The third-order valence-electron chi connectivity index (χ3n) is 1.40. The van der Waals surface area contributed by atoms with Crippen molar-refractivity contribution >= 4 is 0 Å². The van der Waals surface area contributed by atoms with E-state index in [2.05, 4.69) is 20.3 Å². The number of hydrogen-bond acceptors (Lipinski definition) is 5. The molecule has 2 aromatic rings. The van der Waals surface area contributed by atoms with E-state index >= 15 is 0 Å². The van der Waals surface area contributed by atoms with E-state index in [1.54, 1.807) is 12.4 Å². The van der Waals surface area contributed by atoms with Crippen molar-refractivity contribution < 1.29 is 4.52 Å². The second-order valence-corrected chi connectivity index (χ2v) is 2.21. The van der Waals surface area contributed by atoms with Crippen molar-refractivity contribution in [3.63, 3.8) is 0 Å². The molecule has 6 nitrogen and oxygen atoms in total. The first-order valence-electron chi connectivity index (χ1n) is 3.42. The summed E-state index contributed by atoms with van der Waals surface area (Å²) in [7, 11) is 0. The molecule has 6 heteroatoms. The number of nitrogens with zero attached hydrogens (tertiary/aromatic N) is 3. The minimum absolute atomic E-state index is 0.279. The van der Waals surface area contributed by atoms with Gasteiger partial charge in [0.05, 0.1) is 18.3 Å². The zero-order valence-electron chi connectivity index (χ0n) is 6.19. The topological polar surface area (TPSA) is 93.6 Å². The van der Waals surface area contributed by atoms with Gasteiger partial charge in [0.25, 0.3) is 5.89 Å². The first-order chi connectivity index (χ1) is 5.90. The molecule has 62 valence electrons. The molecule has 0 aliphatic heterocycles. The molecule has 0 unspecified atom stereocenters. The lowest BCUT2D eigenvalue weighted by atomic mass is 10.4. The molecule has 0 saturated carbocycles. The Kier molecular flexibility index (Phi) is 1.60. The van der Waals surface area contributed by atoms with Crippen LogP contribution in [0.5, 0.6) is 0 Å². The molecule has 0 fully saturated rings. The third kappa shape index (κ3) is 1.08. The smallest absolute Gasteiger partial charge is 0.261 e. The Labute approximate surface area is 67.8 Å². The highest BCUT2D eigenvalue weighted by Gasteiger charge is 2.07. The molecular weight excluding hydrogens is 158 g/mol. The van der Waals surface area contributed by atoms with Gasteiger partial charge in [0.15, 0.2) is 5.82 Å². The van der Waals surface area contributed by atoms with Crippen LogP contribution >= 0.6 is 0 Å². The van der Waals surface area contributed by atoms with E-state index in [-0.39, 0.29) is 6.54 Å². The van der Waals surface area contributed by atoms with Crippen LogP contribution in [0.15, 0.2) is 16.9 Å². The van der Waals surface area contributed by atoms with Gasteiger partial charge < -0.3 is 10.3 Å². The van der Waals surface area contributed by atoms with Gasteiger partial charge >= 0.3 is 0 Å². The van der Waals surface area contributed by atoms with Crippen LogP contribution in [0.4, 0.5) is 0 Å². The van der Waals surface area contributed by atoms with Crippen LogP contribution < -0.4 is 5.73 Å². The predicted octanol–water partition coefficient (Wildman–Crippen LogP) is -0.0816. The summed E-state index contributed by atoms with van der Waals surface area (Å²) in [5.41, 5.74) is 6.07. The fourth-order valence-corrected chi connectivity index (χ4v) is 0.822. The van der Waals surface area contributed by atoms with Crippen molar-refractivity contribution in [2.45, 2.75) is 6.54 Å². The maximum Gasteiger partial charge on any atom is 0.261 e. The maximum atomic E-state index is 5.31. The normalized spacial score (nSPS) is 10.4. The van der Waals surface area contributed by atoms with Gasteiger partial charge in [0.1, 0.15) is 0 Å². The van der Waals surface area contributed by atoms with Gasteiger partial charge in [-0.2, -0.15) is 10.1 Å². The largest absolute Gasteiger partial charge is 0.334 e. The zero-order valence-corrected chi connectivity index (χ0v) is 6.19. The number of nitrogens with one attached hydrogen (secondary N) is 1. The van der Waals surface area contributed by atoms with Gasteiger partial charge in [-0.05, 0) is 0 Å². The van der Waals surface area contributed by atoms with Crippen LogP contribution in [0.25, 0.3) is 11.5 Å². The third-order valence-corrected chi connectivity index (χ3v) is 1.40. The summed E-state index contributed by atoms with van der Waals surface area (Å²) < 4.78 is 4.90. The fourth-order valence-electron chi connectivity index (χ4n) is 0.822. The molecule has 0 bridgehead atoms. The summed E-state index contributed by atoms with van der Waals surface area (Å²) in [5.74, 6) is 0.926. The predicted molar refractivity (Wildman–Crippen MR) is 39.8 cm³/mol. The van der Waals surface area contributed by atoms with Gasteiger partial charge in [-0.3, -0.25) is 5.10 Å². The second kappa shape index (κ2) is 2.74. The van der Waals surface area contributed by atoms with E-state index in [0.29, 0.717) is 11.7 Å². The van der Waals surface area contributed by atoms with Crippen molar-refractivity contribution in [2.75, 3.05) is 0 Å². The van der Waals surface area contributed by atoms with E-state index in [0.717, 1.165) is 5.56 Å². The highest BCUT2D eigenvalue weighted by molar-refractivity contribution is 5.48. The molecule has 0 spiro atoms. The van der Waals surface area contributed by atoms with Crippen LogP contribution in [-0.4, -0.2) is 20.3 Å². The molecule has 2 rings (SSSR count). The van der Waals surface area contributed by atoms with Gasteiger partial charge in [0, 0.05) is 6.20 Å². The standard InChI is InChI=1S/C6H7N5O/c7-1-5-10-6(12-11-5)4-2-8-9-3-4/h2-3H,1,7H2,(H,8,9). The molecule has 2 aromatic heterocycles. The van der Waals surface area contributed by atoms with E-state index < -0.39 is 0 Å². The summed E-state index contributed by atoms with van der Waals surface area (Å²) in [6.45, 7) is 0.279. The SMILES string of the molecule is NCc1noc(-c2cn[nH]c2)n1. The minimum Gasteiger partial charge on any atom is -0.334 e. The molecule has 0 radical (unpaired) electrons. The Morgan fingerprint density at radius 3 is 3.08 bits per heavy atom. The van der Waals surface area contributed by atoms with Crippen molar-refractivity contribution in [3.05, 3.63) is 18.2 Å². The Balaban J connectivity index is 2.35. The van der Waals surface area contributed by atoms with E-state index in [1.807, 2.05) is 0 Å². The van der Waals surface area contributed by atoms with E-state index in [9.17, 15) is 0 Å². The number of rotatable bonds is 2. The molecular formula is C6H7N5O. The van der Waals surface area contributed by atoms with Gasteiger partial charge in [0.2, 0.25) is 0 Å². The number of aromatic nitrogens is 4. The monoisotopic (exact) mass is 165 g/mol. The number of aromatic amines is 1. The summed E-state index contributed by atoms with van der Waals surface area (Å²) >= 11 is 0.